The summed E-state index contributed by atoms with van der Waals surface area (Å²) in [6.07, 6.45) is 2.84. The van der Waals surface area contributed by atoms with Crippen LogP contribution in [0.15, 0.2) is 0 Å². The lowest BCUT2D eigenvalue weighted by atomic mass is 10.2. The Bertz CT molecular complexity index is 128. The van der Waals surface area contributed by atoms with Crippen LogP contribution in [-0.4, -0.2) is 21.5 Å². The largest absolute Gasteiger partial charge is 0.330 e. The fourth-order valence-electron chi connectivity index (χ4n) is 0.616. The van der Waals surface area contributed by atoms with Crippen LogP contribution in [0.25, 0.3) is 0 Å². The number of unbranched alkanes of at least 4 members (excludes halogenated alkanes) is 2. The molecule has 0 spiro atoms. The molecule has 0 bridgehead atoms. The van der Waals surface area contributed by atoms with Gasteiger partial charge in [-0.25, -0.2) is 13.1 Å². The lowest BCUT2D eigenvalue weighted by Crippen LogP contribution is -2.12. The van der Waals surface area contributed by atoms with Crippen LogP contribution in [0.2, 0.25) is 0 Å². The first-order valence-corrected chi connectivity index (χ1v) is 4.53. The lowest BCUT2D eigenvalue weighted by molar-refractivity contribution is 0.594. The van der Waals surface area contributed by atoms with Gasteiger partial charge in [0.2, 0.25) is 10.9 Å². The van der Waals surface area contributed by atoms with E-state index in [-0.39, 0.29) is 0 Å². The smallest absolute Gasteiger partial charge is 0.201 e. The normalized spacial score (nSPS) is 10.6. The number of hydrogen-bond acceptors (Lipinski definition) is 3. The fourth-order valence-corrected chi connectivity index (χ4v) is 0.957. The highest BCUT2D eigenvalue weighted by atomic mass is 32.2. The Morgan fingerprint density at radius 2 is 1.90 bits per heavy atom. The van der Waals surface area contributed by atoms with Crippen molar-refractivity contribution in [1.82, 2.24) is 4.72 Å². The van der Waals surface area contributed by atoms with Gasteiger partial charge < -0.3 is 5.73 Å². The van der Waals surface area contributed by atoms with Gasteiger partial charge in [0.05, 0.1) is 0 Å². The van der Waals surface area contributed by atoms with Gasteiger partial charge in [0.15, 0.2) is 0 Å². The molecule has 0 aromatic rings. The van der Waals surface area contributed by atoms with Crippen LogP contribution in [0.5, 0.6) is 0 Å². The molecule has 4 nitrogen and oxygen atoms in total. The molecule has 0 aliphatic carbocycles. The highest BCUT2D eigenvalue weighted by Gasteiger charge is 1.87. The first kappa shape index (κ1) is 9.87. The number of nitrogens with two attached hydrogens (primary N) is 1. The van der Waals surface area contributed by atoms with Gasteiger partial charge in [-0.2, -0.15) is 0 Å². The summed E-state index contributed by atoms with van der Waals surface area (Å²) in [6, 6.07) is 0. The lowest BCUT2D eigenvalue weighted by Gasteiger charge is -1.95. The molecule has 0 heterocycles. The third-order valence-electron chi connectivity index (χ3n) is 1.12. The average Bonchev–Trinajstić information content (AvgIpc) is 1.87. The van der Waals surface area contributed by atoms with Crippen molar-refractivity contribution in [1.29, 1.82) is 0 Å². The molecule has 0 radical (unpaired) electrons. The minimum atomic E-state index is -2.40. The van der Waals surface area contributed by atoms with Gasteiger partial charge >= 0.3 is 0 Å². The summed E-state index contributed by atoms with van der Waals surface area (Å²) in [6.45, 7) is 1.22. The first-order valence-electron chi connectivity index (χ1n) is 3.35. The Hall–Kier alpha value is -0.130. The standard InChI is InChI=1S/C5H14N2O2S/c6-4-2-1-3-5-7-10(8)9/h10H,1-6H2,(H,7,8,9). The molecule has 10 heavy (non-hydrogen) atoms. The number of thiol groups is 1. The molecule has 5 heteroatoms. The van der Waals surface area contributed by atoms with Gasteiger partial charge in [-0.05, 0) is 19.4 Å². The Morgan fingerprint density at radius 1 is 1.20 bits per heavy atom. The topological polar surface area (TPSA) is 72.2 Å². The summed E-state index contributed by atoms with van der Waals surface area (Å²) in [5.74, 6) is 0. The van der Waals surface area contributed by atoms with Gasteiger partial charge in [0.1, 0.15) is 0 Å². The zero-order chi connectivity index (χ0) is 7.82. The number of rotatable bonds is 6. The van der Waals surface area contributed by atoms with Crippen LogP contribution in [0.1, 0.15) is 19.3 Å². The quantitative estimate of drug-likeness (QED) is 0.358. The monoisotopic (exact) mass is 166 g/mol. The van der Waals surface area contributed by atoms with E-state index in [1.165, 1.54) is 0 Å². The van der Waals surface area contributed by atoms with Crippen molar-refractivity contribution in [2.24, 2.45) is 5.73 Å². The summed E-state index contributed by atoms with van der Waals surface area (Å²) in [4.78, 5) is 0. The maximum Gasteiger partial charge on any atom is 0.201 e. The van der Waals surface area contributed by atoms with E-state index in [0.717, 1.165) is 19.3 Å². The highest BCUT2D eigenvalue weighted by molar-refractivity contribution is 7.70. The summed E-state index contributed by atoms with van der Waals surface area (Å²) in [7, 11) is -2.40. The van der Waals surface area contributed by atoms with Gasteiger partial charge in [-0.15, -0.1) is 0 Å². The van der Waals surface area contributed by atoms with E-state index in [4.69, 9.17) is 5.73 Å². The molecule has 0 saturated carbocycles. The third kappa shape index (κ3) is 7.87. The molecule has 0 atom stereocenters. The van der Waals surface area contributed by atoms with Crippen molar-refractivity contribution in [3.8, 4) is 0 Å². The van der Waals surface area contributed by atoms with Crippen LogP contribution in [0.3, 0.4) is 0 Å². The maximum absolute atomic E-state index is 9.93. The molecular weight excluding hydrogens is 152 g/mol. The van der Waals surface area contributed by atoms with Crippen LogP contribution in [-0.2, 0) is 10.9 Å². The van der Waals surface area contributed by atoms with Crippen LogP contribution in [0.4, 0.5) is 0 Å². The Morgan fingerprint density at radius 3 is 2.40 bits per heavy atom. The van der Waals surface area contributed by atoms with E-state index in [0.29, 0.717) is 13.1 Å². The second-order valence-electron chi connectivity index (χ2n) is 2.01. The van der Waals surface area contributed by atoms with Crippen molar-refractivity contribution < 1.29 is 8.42 Å². The molecule has 62 valence electrons. The van der Waals surface area contributed by atoms with Crippen molar-refractivity contribution in [3.63, 3.8) is 0 Å². The molecule has 0 saturated heterocycles. The van der Waals surface area contributed by atoms with Crippen LogP contribution >= 0.6 is 0 Å². The molecule has 0 amide bonds. The van der Waals surface area contributed by atoms with Crippen LogP contribution in [0, 0.1) is 0 Å². The molecule has 0 fully saturated rings. The molecule has 0 aliphatic rings. The number of hydrogen-bond donors (Lipinski definition) is 3. The summed E-state index contributed by atoms with van der Waals surface area (Å²) in [5, 5.41) is 0. The van der Waals surface area contributed by atoms with Gasteiger partial charge in [-0.3, -0.25) is 0 Å². The molecule has 0 aromatic heterocycles. The predicted molar refractivity (Wildman–Crippen MR) is 41.2 cm³/mol. The summed E-state index contributed by atoms with van der Waals surface area (Å²) < 4.78 is 22.2. The molecule has 0 rings (SSSR count). The fraction of sp³-hybridized carbons (Fsp3) is 1.00. The SMILES string of the molecule is NCCCCCN[SH](=O)=O. The first-order chi connectivity index (χ1) is 4.77. The maximum atomic E-state index is 9.93. The minimum Gasteiger partial charge on any atom is -0.330 e. The van der Waals surface area contributed by atoms with E-state index >= 15 is 0 Å². The van der Waals surface area contributed by atoms with E-state index in [1.54, 1.807) is 0 Å². The van der Waals surface area contributed by atoms with Crippen molar-refractivity contribution in [3.05, 3.63) is 0 Å². The summed E-state index contributed by atoms with van der Waals surface area (Å²) in [5.41, 5.74) is 5.23. The Kier molecular flexibility index (Phi) is 6.89. The van der Waals surface area contributed by atoms with Gasteiger partial charge in [0.25, 0.3) is 0 Å². The summed E-state index contributed by atoms with van der Waals surface area (Å²) >= 11 is 0. The van der Waals surface area contributed by atoms with Crippen LogP contribution < -0.4 is 10.5 Å². The molecular formula is C5H14N2O2S. The zero-order valence-electron chi connectivity index (χ0n) is 5.88. The second-order valence-corrected chi connectivity index (χ2v) is 2.85. The van der Waals surface area contributed by atoms with Crippen molar-refractivity contribution >= 4 is 10.9 Å². The van der Waals surface area contributed by atoms with Gasteiger partial charge in [-0.1, -0.05) is 6.42 Å². The van der Waals surface area contributed by atoms with E-state index in [2.05, 4.69) is 4.72 Å². The Balaban J connectivity index is 2.91. The third-order valence-corrected chi connectivity index (χ3v) is 1.60. The molecule has 3 N–H and O–H groups in total. The van der Waals surface area contributed by atoms with Crippen molar-refractivity contribution in [2.75, 3.05) is 13.1 Å². The Labute approximate surface area is 62.9 Å². The van der Waals surface area contributed by atoms with E-state index in [1.807, 2.05) is 0 Å². The molecule has 0 aliphatic heterocycles. The highest BCUT2D eigenvalue weighted by Crippen LogP contribution is 1.90. The van der Waals surface area contributed by atoms with Crippen molar-refractivity contribution in [2.45, 2.75) is 19.3 Å². The second kappa shape index (κ2) is 6.98. The molecule has 0 unspecified atom stereocenters. The van der Waals surface area contributed by atoms with E-state index in [9.17, 15) is 8.42 Å². The average molecular weight is 166 g/mol. The molecule has 0 aromatic carbocycles. The number of nitrogens with one attached hydrogen (secondary N) is 1. The predicted octanol–water partition coefficient (Wildman–Crippen LogP) is -0.769. The zero-order valence-corrected chi connectivity index (χ0v) is 6.77. The minimum absolute atomic E-state index is 0.540. The van der Waals surface area contributed by atoms with Gasteiger partial charge in [0, 0.05) is 6.54 Å². The van der Waals surface area contributed by atoms with E-state index < -0.39 is 10.9 Å².